The van der Waals surface area contributed by atoms with Crippen molar-refractivity contribution in [3.63, 3.8) is 0 Å². The molecule has 6 heteroatoms. The zero-order chi connectivity index (χ0) is 15.5. The van der Waals surface area contributed by atoms with Crippen molar-refractivity contribution in [2.45, 2.75) is 20.0 Å². The van der Waals surface area contributed by atoms with E-state index in [-0.39, 0.29) is 5.82 Å². The van der Waals surface area contributed by atoms with Crippen molar-refractivity contribution >= 4 is 22.9 Å². The molecule has 0 saturated heterocycles. The van der Waals surface area contributed by atoms with E-state index in [1.54, 1.807) is 28.2 Å². The predicted molar refractivity (Wildman–Crippen MR) is 88.1 cm³/mol. The third-order valence-electron chi connectivity index (χ3n) is 3.37. The zero-order valence-electron chi connectivity index (χ0n) is 12.0. The molecule has 1 N–H and O–H groups in total. The van der Waals surface area contributed by atoms with E-state index in [2.05, 4.69) is 21.9 Å². The van der Waals surface area contributed by atoms with Crippen LogP contribution >= 0.6 is 22.9 Å². The molecule has 3 aromatic rings. The van der Waals surface area contributed by atoms with Crippen LogP contribution in [0.5, 0.6) is 0 Å². The molecule has 0 spiro atoms. The molecule has 22 heavy (non-hydrogen) atoms. The molecule has 0 radical (unpaired) electrons. The van der Waals surface area contributed by atoms with Crippen molar-refractivity contribution < 1.29 is 4.39 Å². The lowest BCUT2D eigenvalue weighted by atomic mass is 10.2. The first-order chi connectivity index (χ1) is 10.6. The largest absolute Gasteiger partial charge is 0.308 e. The highest BCUT2D eigenvalue weighted by Gasteiger charge is 2.14. The van der Waals surface area contributed by atoms with Crippen LogP contribution in [0, 0.1) is 12.7 Å². The van der Waals surface area contributed by atoms with Crippen LogP contribution < -0.4 is 5.32 Å². The Bertz CT molecular complexity index is 751. The number of aromatic nitrogens is 2. The van der Waals surface area contributed by atoms with Crippen LogP contribution in [0.2, 0.25) is 5.15 Å². The van der Waals surface area contributed by atoms with E-state index in [0.717, 1.165) is 23.5 Å². The monoisotopic (exact) mass is 335 g/mol. The molecular formula is C16H15ClFN3S. The highest BCUT2D eigenvalue weighted by Crippen LogP contribution is 2.23. The maximum Gasteiger partial charge on any atom is 0.137 e. The molecule has 3 nitrogen and oxygen atoms in total. The van der Waals surface area contributed by atoms with Gasteiger partial charge in [0.25, 0.3) is 0 Å². The normalized spacial score (nSPS) is 11.0. The Morgan fingerprint density at radius 3 is 2.68 bits per heavy atom. The van der Waals surface area contributed by atoms with Crippen molar-refractivity contribution in [3.8, 4) is 5.69 Å². The minimum atomic E-state index is -0.276. The molecule has 2 aromatic heterocycles. The molecule has 0 bridgehead atoms. The fourth-order valence-corrected chi connectivity index (χ4v) is 3.22. The molecule has 0 atom stereocenters. The van der Waals surface area contributed by atoms with Gasteiger partial charge in [0.05, 0.1) is 11.4 Å². The minimum absolute atomic E-state index is 0.276. The number of aryl methyl sites for hydroxylation is 1. The summed E-state index contributed by atoms with van der Waals surface area (Å²) < 4.78 is 14.7. The quantitative estimate of drug-likeness (QED) is 0.752. The highest BCUT2D eigenvalue weighted by atomic mass is 35.5. The van der Waals surface area contributed by atoms with Crippen LogP contribution in [0.1, 0.15) is 16.1 Å². The molecule has 0 unspecified atom stereocenters. The topological polar surface area (TPSA) is 29.9 Å². The van der Waals surface area contributed by atoms with Crippen LogP contribution in [-0.4, -0.2) is 9.78 Å². The van der Waals surface area contributed by atoms with E-state index in [4.69, 9.17) is 11.6 Å². The lowest BCUT2D eigenvalue weighted by Crippen LogP contribution is -2.12. The van der Waals surface area contributed by atoms with Crippen LogP contribution in [0.25, 0.3) is 5.69 Å². The van der Waals surface area contributed by atoms with E-state index in [1.165, 1.54) is 17.0 Å². The van der Waals surface area contributed by atoms with Gasteiger partial charge in [0.15, 0.2) is 0 Å². The molecule has 0 fully saturated rings. The SMILES string of the molecule is Cc1nn(-c2ccc(F)cc2)c(Cl)c1CNCc1cccs1. The lowest BCUT2D eigenvalue weighted by Gasteiger charge is -2.05. The highest BCUT2D eigenvalue weighted by molar-refractivity contribution is 7.09. The van der Waals surface area contributed by atoms with Gasteiger partial charge in [-0.25, -0.2) is 9.07 Å². The first-order valence-corrected chi connectivity index (χ1v) is 8.14. The van der Waals surface area contributed by atoms with Crippen LogP contribution in [0.3, 0.4) is 0 Å². The Morgan fingerprint density at radius 2 is 2.00 bits per heavy atom. The molecule has 3 rings (SSSR count). The Labute approximate surface area is 137 Å². The van der Waals surface area contributed by atoms with Gasteiger partial charge in [-0.05, 0) is 42.6 Å². The molecule has 0 aliphatic rings. The third-order valence-corrected chi connectivity index (χ3v) is 4.64. The summed E-state index contributed by atoms with van der Waals surface area (Å²) in [5.74, 6) is -0.276. The van der Waals surface area contributed by atoms with Crippen molar-refractivity contribution in [2.24, 2.45) is 0 Å². The van der Waals surface area contributed by atoms with E-state index in [0.29, 0.717) is 11.7 Å². The molecule has 2 heterocycles. The van der Waals surface area contributed by atoms with Crippen LogP contribution in [-0.2, 0) is 13.1 Å². The molecule has 0 aliphatic heterocycles. The standard InChI is InChI=1S/C16H15ClFN3S/c1-11-15(10-19-9-14-3-2-8-22-14)16(17)21(20-11)13-6-4-12(18)5-7-13/h2-8,19H,9-10H2,1H3. The minimum Gasteiger partial charge on any atom is -0.308 e. The first kappa shape index (κ1) is 15.2. The Hall–Kier alpha value is -1.69. The Morgan fingerprint density at radius 1 is 1.23 bits per heavy atom. The first-order valence-electron chi connectivity index (χ1n) is 6.88. The summed E-state index contributed by atoms with van der Waals surface area (Å²) in [7, 11) is 0. The van der Waals surface area contributed by atoms with Crippen molar-refractivity contribution in [1.29, 1.82) is 0 Å². The smallest absolute Gasteiger partial charge is 0.137 e. The summed E-state index contributed by atoms with van der Waals surface area (Å²) in [5.41, 5.74) is 2.58. The van der Waals surface area contributed by atoms with Gasteiger partial charge in [-0.3, -0.25) is 0 Å². The maximum absolute atomic E-state index is 13.0. The number of nitrogens with one attached hydrogen (secondary N) is 1. The summed E-state index contributed by atoms with van der Waals surface area (Å²) in [6, 6.07) is 10.3. The summed E-state index contributed by atoms with van der Waals surface area (Å²) >= 11 is 8.15. The number of rotatable bonds is 5. The van der Waals surface area contributed by atoms with Crippen LogP contribution in [0.4, 0.5) is 4.39 Å². The third kappa shape index (κ3) is 3.21. The van der Waals surface area contributed by atoms with Crippen LogP contribution in [0.15, 0.2) is 41.8 Å². The van der Waals surface area contributed by atoms with Gasteiger partial charge in [0, 0.05) is 23.5 Å². The molecule has 1 aromatic carbocycles. The van der Waals surface area contributed by atoms with E-state index in [9.17, 15) is 4.39 Å². The van der Waals surface area contributed by atoms with Gasteiger partial charge >= 0.3 is 0 Å². The maximum atomic E-state index is 13.0. The van der Waals surface area contributed by atoms with Crippen molar-refractivity contribution in [2.75, 3.05) is 0 Å². The van der Waals surface area contributed by atoms with E-state index >= 15 is 0 Å². The second-order valence-electron chi connectivity index (χ2n) is 4.93. The lowest BCUT2D eigenvalue weighted by molar-refractivity contribution is 0.627. The summed E-state index contributed by atoms with van der Waals surface area (Å²) in [4.78, 5) is 1.28. The average Bonchev–Trinajstić information content (AvgIpc) is 3.11. The summed E-state index contributed by atoms with van der Waals surface area (Å²) in [5, 5.41) is 10.4. The second-order valence-corrected chi connectivity index (χ2v) is 6.32. The number of thiophene rings is 1. The predicted octanol–water partition coefficient (Wildman–Crippen LogP) is 4.32. The number of hydrogen-bond donors (Lipinski definition) is 1. The number of nitrogens with zero attached hydrogens (tertiary/aromatic N) is 2. The molecular weight excluding hydrogens is 321 g/mol. The molecule has 0 saturated carbocycles. The average molecular weight is 336 g/mol. The fraction of sp³-hybridized carbons (Fsp3) is 0.188. The van der Waals surface area contributed by atoms with Gasteiger partial charge in [0.1, 0.15) is 11.0 Å². The number of benzene rings is 1. The number of hydrogen-bond acceptors (Lipinski definition) is 3. The van der Waals surface area contributed by atoms with Crippen molar-refractivity contribution in [1.82, 2.24) is 15.1 Å². The van der Waals surface area contributed by atoms with Gasteiger partial charge in [-0.1, -0.05) is 17.7 Å². The molecule has 0 amide bonds. The van der Waals surface area contributed by atoms with Gasteiger partial charge in [0.2, 0.25) is 0 Å². The zero-order valence-corrected chi connectivity index (χ0v) is 13.6. The van der Waals surface area contributed by atoms with Gasteiger partial charge in [-0.2, -0.15) is 5.10 Å². The van der Waals surface area contributed by atoms with E-state index < -0.39 is 0 Å². The Kier molecular flexibility index (Phi) is 4.57. The second kappa shape index (κ2) is 6.60. The molecule has 114 valence electrons. The van der Waals surface area contributed by atoms with E-state index in [1.807, 2.05) is 13.0 Å². The number of halogens is 2. The molecule has 0 aliphatic carbocycles. The fourth-order valence-electron chi connectivity index (χ4n) is 2.21. The summed E-state index contributed by atoms with van der Waals surface area (Å²) in [6.07, 6.45) is 0. The van der Waals surface area contributed by atoms with Gasteiger partial charge in [-0.15, -0.1) is 11.3 Å². The van der Waals surface area contributed by atoms with Crippen molar-refractivity contribution in [3.05, 3.63) is 68.9 Å². The Balaban J connectivity index is 1.76. The van der Waals surface area contributed by atoms with Gasteiger partial charge < -0.3 is 5.32 Å². The summed E-state index contributed by atoms with van der Waals surface area (Å²) in [6.45, 7) is 3.37.